The van der Waals surface area contributed by atoms with Crippen LogP contribution in [-0.4, -0.2) is 77.5 Å². The minimum Gasteiger partial charge on any atom is -0.480 e. The van der Waals surface area contributed by atoms with Gasteiger partial charge >= 0.3 is 12.0 Å². The van der Waals surface area contributed by atoms with Crippen LogP contribution >= 0.6 is 0 Å². The van der Waals surface area contributed by atoms with Gasteiger partial charge in [0.25, 0.3) is 0 Å². The van der Waals surface area contributed by atoms with Gasteiger partial charge in [-0.2, -0.15) is 0 Å². The fourth-order valence-electron chi connectivity index (χ4n) is 3.05. The van der Waals surface area contributed by atoms with Crippen molar-refractivity contribution in [3.63, 3.8) is 0 Å². The summed E-state index contributed by atoms with van der Waals surface area (Å²) in [5.74, 6) is -0.756. The zero-order valence-electron chi connectivity index (χ0n) is 11.7. The smallest absolute Gasteiger partial charge is 0.326 e. The lowest BCUT2D eigenvalue weighted by Gasteiger charge is -2.36. The van der Waals surface area contributed by atoms with Gasteiger partial charge in [0.1, 0.15) is 6.04 Å². The summed E-state index contributed by atoms with van der Waals surface area (Å²) in [7, 11) is 1.64. The number of aliphatic hydroxyl groups excluding tert-OH is 1. The lowest BCUT2D eigenvalue weighted by atomic mass is 9.99. The topological polar surface area (TPSA) is 90.3 Å². The fraction of sp³-hybridized carbons (Fsp3) is 0.846. The molecule has 2 heterocycles. The zero-order chi connectivity index (χ0) is 14.7. The molecule has 2 saturated heterocycles. The van der Waals surface area contributed by atoms with E-state index in [1.54, 1.807) is 12.0 Å². The van der Waals surface area contributed by atoms with Gasteiger partial charge in [0.2, 0.25) is 0 Å². The molecule has 0 aromatic rings. The quantitative estimate of drug-likeness (QED) is 0.761. The number of hydrogen-bond acceptors (Lipinski definition) is 4. The summed E-state index contributed by atoms with van der Waals surface area (Å²) in [5, 5.41) is 18.7. The number of ether oxygens (including phenoxy) is 1. The third-order valence-corrected chi connectivity index (χ3v) is 4.00. The molecule has 0 aromatic heterocycles. The number of β-amino-alcohol motifs (C(OH)–C–C–N with tert-alkyl or cyclic N) is 1. The summed E-state index contributed by atoms with van der Waals surface area (Å²) in [6.07, 6.45) is 1.27. The van der Waals surface area contributed by atoms with Crippen LogP contribution in [0.3, 0.4) is 0 Å². The Morgan fingerprint density at radius 2 is 2.10 bits per heavy atom. The molecular weight excluding hydrogens is 264 g/mol. The Labute approximate surface area is 118 Å². The Bertz CT molecular complexity index is 374. The third-order valence-electron chi connectivity index (χ3n) is 4.00. The first-order valence-electron chi connectivity index (χ1n) is 6.98. The molecule has 2 rings (SSSR count). The highest BCUT2D eigenvalue weighted by Gasteiger charge is 2.41. The van der Waals surface area contributed by atoms with E-state index in [1.165, 1.54) is 4.90 Å². The van der Waals surface area contributed by atoms with E-state index in [2.05, 4.69) is 0 Å². The Balaban J connectivity index is 2.00. The van der Waals surface area contributed by atoms with E-state index in [0.717, 1.165) is 12.8 Å². The van der Waals surface area contributed by atoms with Gasteiger partial charge in [0.05, 0.1) is 12.7 Å². The van der Waals surface area contributed by atoms with Crippen LogP contribution in [0.5, 0.6) is 0 Å². The van der Waals surface area contributed by atoms with Crippen molar-refractivity contribution >= 4 is 12.0 Å². The molecule has 0 aliphatic carbocycles. The normalized spacial score (nSPS) is 30.6. The molecule has 1 unspecified atom stereocenters. The van der Waals surface area contributed by atoms with Gasteiger partial charge in [0, 0.05) is 39.1 Å². The highest BCUT2D eigenvalue weighted by molar-refractivity contribution is 5.83. The first kappa shape index (κ1) is 15.1. The molecule has 0 radical (unpaired) electrons. The highest BCUT2D eigenvalue weighted by atomic mass is 16.5. The Morgan fingerprint density at radius 1 is 1.35 bits per heavy atom. The molecule has 2 N–H and O–H groups in total. The molecule has 114 valence electrons. The van der Waals surface area contributed by atoms with Gasteiger partial charge < -0.3 is 24.7 Å². The number of methoxy groups -OCH3 is 1. The molecule has 0 spiro atoms. The zero-order valence-corrected chi connectivity index (χ0v) is 11.7. The van der Waals surface area contributed by atoms with Crippen LogP contribution in [0.25, 0.3) is 0 Å². The largest absolute Gasteiger partial charge is 0.480 e. The second kappa shape index (κ2) is 6.41. The standard InChI is InChI=1S/C13H22N2O5/c1-20-8-9-3-2-4-14(6-9)13(19)15-7-10(16)5-11(15)12(17)18/h9-11,16H,2-8H2,1H3,(H,17,18)/t9?,10-,11-/m0/s1. The molecule has 2 aliphatic heterocycles. The Hall–Kier alpha value is -1.34. The predicted octanol–water partition coefficient (Wildman–Crippen LogP) is -0.0154. The molecule has 0 aromatic carbocycles. The second-order valence-electron chi connectivity index (χ2n) is 5.59. The summed E-state index contributed by atoms with van der Waals surface area (Å²) in [6.45, 7) is 1.93. The minimum absolute atomic E-state index is 0.0985. The number of hydrogen-bond donors (Lipinski definition) is 2. The van der Waals surface area contributed by atoms with Crippen molar-refractivity contribution in [1.29, 1.82) is 0 Å². The molecule has 0 saturated carbocycles. The van der Waals surface area contributed by atoms with E-state index in [9.17, 15) is 14.7 Å². The van der Waals surface area contributed by atoms with E-state index in [-0.39, 0.29) is 19.0 Å². The van der Waals surface area contributed by atoms with E-state index < -0.39 is 18.1 Å². The van der Waals surface area contributed by atoms with Gasteiger partial charge in [-0.1, -0.05) is 0 Å². The van der Waals surface area contributed by atoms with Crippen LogP contribution < -0.4 is 0 Å². The minimum atomic E-state index is -1.06. The number of aliphatic hydroxyl groups is 1. The lowest BCUT2D eigenvalue weighted by molar-refractivity contribution is -0.141. The van der Waals surface area contributed by atoms with Gasteiger partial charge in [-0.15, -0.1) is 0 Å². The fourth-order valence-corrected chi connectivity index (χ4v) is 3.05. The van der Waals surface area contributed by atoms with Gasteiger partial charge in [0.15, 0.2) is 0 Å². The molecule has 3 atom stereocenters. The summed E-state index contributed by atoms with van der Waals surface area (Å²) >= 11 is 0. The molecule has 7 nitrogen and oxygen atoms in total. The number of aliphatic carboxylic acids is 1. The summed E-state index contributed by atoms with van der Waals surface area (Å²) in [6, 6.07) is -1.20. The molecule has 2 aliphatic rings. The van der Waals surface area contributed by atoms with E-state index in [4.69, 9.17) is 9.84 Å². The van der Waals surface area contributed by atoms with Crippen LogP contribution in [0, 0.1) is 5.92 Å². The number of rotatable bonds is 3. The van der Waals surface area contributed by atoms with E-state index in [0.29, 0.717) is 25.6 Å². The van der Waals surface area contributed by atoms with Crippen molar-refractivity contribution in [2.24, 2.45) is 5.92 Å². The highest BCUT2D eigenvalue weighted by Crippen LogP contribution is 2.23. The number of amides is 2. The number of likely N-dealkylation sites (tertiary alicyclic amines) is 2. The maximum Gasteiger partial charge on any atom is 0.326 e. The molecule has 7 heteroatoms. The number of carbonyl (C=O) groups is 2. The maximum absolute atomic E-state index is 12.4. The number of nitrogens with zero attached hydrogens (tertiary/aromatic N) is 2. The molecule has 0 bridgehead atoms. The Kier molecular flexibility index (Phi) is 4.82. The van der Waals surface area contributed by atoms with Gasteiger partial charge in [-0.3, -0.25) is 0 Å². The number of urea groups is 1. The van der Waals surface area contributed by atoms with Crippen LogP contribution in [0.4, 0.5) is 4.79 Å². The van der Waals surface area contributed by atoms with E-state index in [1.807, 2.05) is 0 Å². The predicted molar refractivity (Wildman–Crippen MR) is 70.3 cm³/mol. The summed E-state index contributed by atoms with van der Waals surface area (Å²) < 4.78 is 5.13. The van der Waals surface area contributed by atoms with Crippen molar-refractivity contribution in [3.8, 4) is 0 Å². The SMILES string of the molecule is COCC1CCCN(C(=O)N2C[C@@H](O)C[C@H]2C(=O)O)C1. The van der Waals surface area contributed by atoms with Gasteiger partial charge in [-0.25, -0.2) is 9.59 Å². The van der Waals surface area contributed by atoms with Crippen molar-refractivity contribution in [2.45, 2.75) is 31.4 Å². The summed E-state index contributed by atoms with van der Waals surface area (Å²) in [5.41, 5.74) is 0. The average molecular weight is 286 g/mol. The Morgan fingerprint density at radius 3 is 2.75 bits per heavy atom. The number of piperidine rings is 1. The average Bonchev–Trinajstić information content (AvgIpc) is 2.81. The first-order chi connectivity index (χ1) is 9.52. The van der Waals surface area contributed by atoms with Crippen molar-refractivity contribution in [3.05, 3.63) is 0 Å². The van der Waals surface area contributed by atoms with Crippen LogP contribution in [-0.2, 0) is 9.53 Å². The second-order valence-corrected chi connectivity index (χ2v) is 5.59. The molecule has 2 amide bonds. The first-order valence-corrected chi connectivity index (χ1v) is 6.98. The molecular formula is C13H22N2O5. The number of carboxylic acid groups (broad SMARTS) is 1. The van der Waals surface area contributed by atoms with Crippen LogP contribution in [0.2, 0.25) is 0 Å². The number of carbonyl (C=O) groups excluding carboxylic acids is 1. The number of carboxylic acids is 1. The van der Waals surface area contributed by atoms with E-state index >= 15 is 0 Å². The molecule has 2 fully saturated rings. The van der Waals surface area contributed by atoms with Gasteiger partial charge in [-0.05, 0) is 12.8 Å². The molecule has 20 heavy (non-hydrogen) atoms. The van der Waals surface area contributed by atoms with Crippen LogP contribution in [0.1, 0.15) is 19.3 Å². The third kappa shape index (κ3) is 3.21. The van der Waals surface area contributed by atoms with Crippen LogP contribution in [0.15, 0.2) is 0 Å². The van der Waals surface area contributed by atoms with Crippen molar-refractivity contribution in [1.82, 2.24) is 9.80 Å². The monoisotopic (exact) mass is 286 g/mol. The summed E-state index contributed by atoms with van der Waals surface area (Å²) in [4.78, 5) is 26.6. The van der Waals surface area contributed by atoms with Crippen molar-refractivity contribution in [2.75, 3.05) is 33.4 Å². The lowest BCUT2D eigenvalue weighted by Crippen LogP contribution is -2.51. The maximum atomic E-state index is 12.4. The van der Waals surface area contributed by atoms with Crippen molar-refractivity contribution < 1.29 is 24.5 Å².